The van der Waals surface area contributed by atoms with E-state index in [1.807, 2.05) is 0 Å². The Kier molecular flexibility index (Phi) is 7.86. The largest absolute Gasteiger partial charge is 0.494 e. The zero-order chi connectivity index (χ0) is 26.6. The summed E-state index contributed by atoms with van der Waals surface area (Å²) >= 11 is 5.52. The summed E-state index contributed by atoms with van der Waals surface area (Å²) in [7, 11) is -20.6. The minimum absolute atomic E-state index is 0.494. The van der Waals surface area contributed by atoms with Crippen molar-refractivity contribution < 1.29 is 61.4 Å². The molecule has 2 aromatic rings. The Labute approximate surface area is 210 Å². The van der Waals surface area contributed by atoms with E-state index in [1.54, 1.807) is 0 Å². The summed E-state index contributed by atoms with van der Waals surface area (Å²) in [6.45, 7) is 0. The maximum absolute atomic E-state index is 12.3. The van der Waals surface area contributed by atoms with Gasteiger partial charge >= 0.3 is 0 Å². The molecule has 0 unspecified atom stereocenters. The lowest BCUT2D eigenvalue weighted by molar-refractivity contribution is 0.391. The molecule has 20 heteroatoms. The predicted molar refractivity (Wildman–Crippen MR) is 120 cm³/mol. The van der Waals surface area contributed by atoms with Crippen LogP contribution in [0.1, 0.15) is 0 Å². The monoisotopic (exact) mass is 690 g/mol. The first-order chi connectivity index (χ1) is 15.2. The van der Waals surface area contributed by atoms with Gasteiger partial charge in [0.15, 0.2) is 11.5 Å². The van der Waals surface area contributed by atoms with Crippen LogP contribution in [0.5, 0.6) is 11.5 Å². The molecule has 190 valence electrons. The Balaban J connectivity index is 3.65. The molecule has 14 nitrogen and oxygen atoms in total. The van der Waals surface area contributed by atoms with Crippen LogP contribution in [0.4, 0.5) is 0 Å². The maximum atomic E-state index is 12.3. The summed E-state index contributed by atoms with van der Waals surface area (Å²) in [5, 5.41) is 0. The summed E-state index contributed by atoms with van der Waals surface area (Å²) in [4.78, 5) is -6.02. The fourth-order valence-electron chi connectivity index (χ4n) is 2.93. The lowest BCUT2D eigenvalue weighted by Crippen LogP contribution is -2.15. The van der Waals surface area contributed by atoms with E-state index in [9.17, 15) is 51.9 Å². The summed E-state index contributed by atoms with van der Waals surface area (Å²) < 4.78 is 146. The van der Waals surface area contributed by atoms with E-state index in [0.29, 0.717) is 12.1 Å². The number of benzene rings is 2. The SMILES string of the molecule is COc1c(Br)cc(S(=O)(=O)O)c(-c2c(S(=O)(=O)O)cc(Br)c(OC)c2S(=O)(=O)O)c1S(=O)(=O)O. The molecule has 2 rings (SSSR count). The molecule has 0 aromatic heterocycles. The molecule has 0 aliphatic carbocycles. The van der Waals surface area contributed by atoms with Crippen molar-refractivity contribution in [2.24, 2.45) is 0 Å². The average Bonchev–Trinajstić information content (AvgIpc) is 2.63. The lowest BCUT2D eigenvalue weighted by Gasteiger charge is -2.21. The van der Waals surface area contributed by atoms with E-state index in [4.69, 9.17) is 9.47 Å². The first-order valence-electron chi connectivity index (χ1n) is 7.89. The van der Waals surface area contributed by atoms with Gasteiger partial charge < -0.3 is 9.47 Å². The minimum atomic E-state index is -5.62. The van der Waals surface area contributed by atoms with E-state index in [-0.39, 0.29) is 0 Å². The molecule has 0 atom stereocenters. The van der Waals surface area contributed by atoms with Crippen LogP contribution in [0.15, 0.2) is 40.7 Å². The highest BCUT2D eigenvalue weighted by Crippen LogP contribution is 2.51. The molecule has 4 N–H and O–H groups in total. The van der Waals surface area contributed by atoms with Crippen LogP contribution in [-0.2, 0) is 40.5 Å². The fourth-order valence-corrected chi connectivity index (χ4v) is 8.05. The van der Waals surface area contributed by atoms with E-state index in [2.05, 4.69) is 31.9 Å². The van der Waals surface area contributed by atoms with Gasteiger partial charge in [-0.3, -0.25) is 18.2 Å². The van der Waals surface area contributed by atoms with Gasteiger partial charge in [-0.05, 0) is 44.0 Å². The Bertz CT molecular complexity index is 1500. The molecule has 0 spiro atoms. The first-order valence-corrected chi connectivity index (χ1v) is 15.2. The van der Waals surface area contributed by atoms with Crippen LogP contribution < -0.4 is 9.47 Å². The molecule has 0 amide bonds. The normalized spacial score (nSPS) is 13.1. The van der Waals surface area contributed by atoms with Gasteiger partial charge in [-0.2, -0.15) is 33.7 Å². The van der Waals surface area contributed by atoms with Crippen LogP contribution in [-0.4, -0.2) is 66.1 Å². The highest BCUT2D eigenvalue weighted by Gasteiger charge is 2.40. The van der Waals surface area contributed by atoms with Crippen molar-refractivity contribution in [1.82, 2.24) is 0 Å². The molecular weight excluding hydrogens is 680 g/mol. The van der Waals surface area contributed by atoms with Gasteiger partial charge in [-0.25, -0.2) is 0 Å². The predicted octanol–water partition coefficient (Wildman–Crippen LogP) is 1.88. The molecule has 0 aliphatic heterocycles. The van der Waals surface area contributed by atoms with E-state index < -0.39 is 91.6 Å². The Morgan fingerprint density at radius 1 is 0.588 bits per heavy atom. The molecule has 2 aromatic carbocycles. The quantitative estimate of drug-likeness (QED) is 0.304. The van der Waals surface area contributed by atoms with Gasteiger partial charge in [-0.15, -0.1) is 0 Å². The zero-order valence-corrected chi connectivity index (χ0v) is 22.9. The number of ether oxygens (including phenoxy) is 2. The van der Waals surface area contributed by atoms with Crippen LogP contribution >= 0.6 is 31.9 Å². The van der Waals surface area contributed by atoms with Crippen molar-refractivity contribution in [3.63, 3.8) is 0 Å². The van der Waals surface area contributed by atoms with Crippen molar-refractivity contribution in [3.8, 4) is 22.6 Å². The Hall–Kier alpha value is -1.36. The standard InChI is InChI=1S/C14H12Br2O14S4/c1-29-11-5(15)3-7(31(17,18)19)9(13(11)33(23,24)25)10-8(32(20,21)22)4-6(16)12(30-2)14(10)34(26,27)28/h3-4H,1-2H3,(H,17,18,19)(H,20,21,22)(H,23,24,25)(H,26,27,28). The zero-order valence-electron chi connectivity index (χ0n) is 16.4. The lowest BCUT2D eigenvalue weighted by atomic mass is 10.0. The molecule has 34 heavy (non-hydrogen) atoms. The van der Waals surface area contributed by atoms with Crippen LogP contribution in [0.25, 0.3) is 11.1 Å². The first kappa shape index (κ1) is 28.9. The number of rotatable bonds is 7. The third-order valence-corrected chi connectivity index (χ3v) is 8.78. The Morgan fingerprint density at radius 2 is 0.853 bits per heavy atom. The third-order valence-electron chi connectivity index (χ3n) is 4.04. The summed E-state index contributed by atoms with van der Waals surface area (Å²) in [6.07, 6.45) is 0. The molecule has 0 saturated heterocycles. The van der Waals surface area contributed by atoms with Crippen molar-refractivity contribution in [1.29, 1.82) is 0 Å². The van der Waals surface area contributed by atoms with Crippen LogP contribution in [0, 0.1) is 0 Å². The summed E-state index contributed by atoms with van der Waals surface area (Å²) in [5.74, 6) is -1.73. The molecule has 0 fully saturated rings. The number of methoxy groups -OCH3 is 2. The average molecular weight is 692 g/mol. The highest BCUT2D eigenvalue weighted by molar-refractivity contribution is 9.11. The number of hydrogen-bond donors (Lipinski definition) is 4. The van der Waals surface area contributed by atoms with Gasteiger partial charge in [0, 0.05) is 11.1 Å². The van der Waals surface area contributed by atoms with Crippen molar-refractivity contribution in [2.75, 3.05) is 14.2 Å². The van der Waals surface area contributed by atoms with Gasteiger partial charge in [0.2, 0.25) is 0 Å². The topological polar surface area (TPSA) is 236 Å². The van der Waals surface area contributed by atoms with Crippen LogP contribution in [0.3, 0.4) is 0 Å². The van der Waals surface area contributed by atoms with E-state index in [1.165, 1.54) is 0 Å². The van der Waals surface area contributed by atoms with Crippen molar-refractivity contribution >= 4 is 72.3 Å². The van der Waals surface area contributed by atoms with E-state index >= 15 is 0 Å². The second-order valence-corrected chi connectivity index (χ2v) is 13.3. The second kappa shape index (κ2) is 9.26. The molecule has 0 saturated carbocycles. The van der Waals surface area contributed by atoms with E-state index in [0.717, 1.165) is 14.2 Å². The van der Waals surface area contributed by atoms with Crippen molar-refractivity contribution in [2.45, 2.75) is 19.6 Å². The molecule has 0 heterocycles. The third kappa shape index (κ3) is 5.39. The molecule has 0 bridgehead atoms. The van der Waals surface area contributed by atoms with Crippen molar-refractivity contribution in [3.05, 3.63) is 21.1 Å². The molecule has 0 aliphatic rings. The Morgan fingerprint density at radius 3 is 1.03 bits per heavy atom. The van der Waals surface area contributed by atoms with Gasteiger partial charge in [0.05, 0.1) is 23.2 Å². The van der Waals surface area contributed by atoms with Gasteiger partial charge in [-0.1, -0.05) is 0 Å². The second-order valence-electron chi connectivity index (χ2n) is 6.09. The van der Waals surface area contributed by atoms with Gasteiger partial charge in [0.1, 0.15) is 19.6 Å². The van der Waals surface area contributed by atoms with Gasteiger partial charge in [0.25, 0.3) is 40.5 Å². The molecule has 0 radical (unpaired) electrons. The summed E-state index contributed by atoms with van der Waals surface area (Å²) in [5.41, 5.74) is -2.98. The number of hydrogen-bond acceptors (Lipinski definition) is 10. The number of halogens is 2. The fraction of sp³-hybridized carbons (Fsp3) is 0.143. The minimum Gasteiger partial charge on any atom is -0.494 e. The molecular formula is C14H12Br2O14S4. The highest BCUT2D eigenvalue weighted by atomic mass is 79.9. The smallest absolute Gasteiger partial charge is 0.298 e. The summed E-state index contributed by atoms with van der Waals surface area (Å²) in [6, 6.07) is 0.989. The maximum Gasteiger partial charge on any atom is 0.298 e. The van der Waals surface area contributed by atoms with Crippen LogP contribution in [0.2, 0.25) is 0 Å².